The summed E-state index contributed by atoms with van der Waals surface area (Å²) < 4.78 is 10.3. The fourth-order valence-corrected chi connectivity index (χ4v) is 3.40. The summed E-state index contributed by atoms with van der Waals surface area (Å²) in [6.45, 7) is 7.02. The number of anilines is 1. The second kappa shape index (κ2) is 7.39. The zero-order valence-electron chi connectivity index (χ0n) is 15.2. The van der Waals surface area contributed by atoms with E-state index in [2.05, 4.69) is 56.1 Å². The first-order valence-electron chi connectivity index (χ1n) is 8.86. The van der Waals surface area contributed by atoms with Gasteiger partial charge in [0.15, 0.2) is 5.82 Å². The van der Waals surface area contributed by atoms with E-state index in [0.29, 0.717) is 24.9 Å². The van der Waals surface area contributed by atoms with E-state index in [1.807, 2.05) is 6.20 Å². The van der Waals surface area contributed by atoms with Gasteiger partial charge in [-0.15, -0.1) is 0 Å². The zero-order valence-corrected chi connectivity index (χ0v) is 15.2. The van der Waals surface area contributed by atoms with Crippen molar-refractivity contribution in [3.05, 3.63) is 47.7 Å². The maximum atomic E-state index is 5.30. The van der Waals surface area contributed by atoms with Crippen molar-refractivity contribution >= 4 is 16.6 Å². The molecule has 1 saturated heterocycles. The molecule has 0 amide bonds. The van der Waals surface area contributed by atoms with Crippen LogP contribution in [0.15, 0.2) is 35.0 Å². The van der Waals surface area contributed by atoms with Gasteiger partial charge in [-0.3, -0.25) is 9.88 Å². The molecule has 0 N–H and O–H groups in total. The molecule has 7 nitrogen and oxygen atoms in total. The molecule has 0 bridgehead atoms. The van der Waals surface area contributed by atoms with Crippen LogP contribution >= 0.6 is 0 Å². The van der Waals surface area contributed by atoms with Gasteiger partial charge in [0, 0.05) is 50.6 Å². The molecule has 2 aromatic heterocycles. The molecule has 4 rings (SSSR count). The lowest BCUT2D eigenvalue weighted by molar-refractivity contribution is 0.174. The van der Waals surface area contributed by atoms with E-state index >= 15 is 0 Å². The van der Waals surface area contributed by atoms with Gasteiger partial charge in [-0.05, 0) is 25.1 Å². The molecule has 0 aliphatic carbocycles. The van der Waals surface area contributed by atoms with Crippen LogP contribution in [0.3, 0.4) is 0 Å². The summed E-state index contributed by atoms with van der Waals surface area (Å²) in [6.07, 6.45) is 1.90. The maximum Gasteiger partial charge on any atom is 0.240 e. The summed E-state index contributed by atoms with van der Waals surface area (Å²) >= 11 is 0. The van der Waals surface area contributed by atoms with E-state index in [4.69, 9.17) is 9.26 Å². The highest BCUT2D eigenvalue weighted by Crippen LogP contribution is 2.27. The highest BCUT2D eigenvalue weighted by Gasteiger charge is 2.20. The third-order valence-corrected chi connectivity index (χ3v) is 4.73. The molecule has 1 aromatic carbocycles. The Balaban J connectivity index is 1.43. The van der Waals surface area contributed by atoms with Crippen molar-refractivity contribution < 1.29 is 9.26 Å². The number of methoxy groups -OCH3 is 1. The summed E-state index contributed by atoms with van der Waals surface area (Å²) in [5.41, 5.74) is 3.57. The first-order chi connectivity index (χ1) is 12.7. The number of piperazine rings is 1. The lowest BCUT2D eigenvalue weighted by Gasteiger charge is -2.35. The van der Waals surface area contributed by atoms with E-state index in [-0.39, 0.29) is 0 Å². The number of rotatable bonds is 5. The van der Waals surface area contributed by atoms with Gasteiger partial charge >= 0.3 is 0 Å². The molecule has 7 heteroatoms. The van der Waals surface area contributed by atoms with Crippen LogP contribution in [0.2, 0.25) is 0 Å². The van der Waals surface area contributed by atoms with Crippen molar-refractivity contribution in [3.63, 3.8) is 0 Å². The van der Waals surface area contributed by atoms with Crippen LogP contribution in [0.4, 0.5) is 5.69 Å². The maximum absolute atomic E-state index is 5.30. The highest BCUT2D eigenvalue weighted by molar-refractivity contribution is 5.92. The van der Waals surface area contributed by atoms with Crippen molar-refractivity contribution in [3.8, 4) is 0 Å². The molecule has 0 radical (unpaired) electrons. The normalized spacial score (nSPS) is 15.7. The van der Waals surface area contributed by atoms with Crippen LogP contribution in [0, 0.1) is 6.92 Å². The Morgan fingerprint density at radius 1 is 1.15 bits per heavy atom. The Morgan fingerprint density at radius 2 is 2.00 bits per heavy atom. The van der Waals surface area contributed by atoms with Crippen LogP contribution in [0.5, 0.6) is 0 Å². The van der Waals surface area contributed by atoms with Crippen LogP contribution in [-0.2, 0) is 17.9 Å². The second-order valence-electron chi connectivity index (χ2n) is 6.65. The van der Waals surface area contributed by atoms with Gasteiger partial charge in [0.2, 0.25) is 5.89 Å². The van der Waals surface area contributed by atoms with E-state index < -0.39 is 0 Å². The highest BCUT2D eigenvalue weighted by atomic mass is 16.5. The van der Waals surface area contributed by atoms with Gasteiger partial charge in [-0.25, -0.2) is 0 Å². The van der Waals surface area contributed by atoms with Crippen molar-refractivity contribution in [1.29, 1.82) is 0 Å². The smallest absolute Gasteiger partial charge is 0.240 e. The van der Waals surface area contributed by atoms with Gasteiger partial charge < -0.3 is 14.2 Å². The average Bonchev–Trinajstić information content (AvgIpc) is 3.09. The fourth-order valence-electron chi connectivity index (χ4n) is 3.40. The summed E-state index contributed by atoms with van der Waals surface area (Å²) in [6, 6.07) is 8.54. The third-order valence-electron chi connectivity index (χ3n) is 4.73. The molecule has 136 valence electrons. The van der Waals surface area contributed by atoms with Gasteiger partial charge in [-0.2, -0.15) is 4.98 Å². The molecule has 1 aliphatic rings. The number of hydrogen-bond acceptors (Lipinski definition) is 7. The summed E-state index contributed by atoms with van der Waals surface area (Å²) in [4.78, 5) is 13.6. The quantitative estimate of drug-likeness (QED) is 0.698. The van der Waals surface area contributed by atoms with Crippen LogP contribution in [-0.4, -0.2) is 53.3 Å². The molecule has 1 aliphatic heterocycles. The molecule has 26 heavy (non-hydrogen) atoms. The first kappa shape index (κ1) is 16.9. The summed E-state index contributed by atoms with van der Waals surface area (Å²) in [5, 5.41) is 5.15. The number of ether oxygens (including phenoxy) is 1. The van der Waals surface area contributed by atoms with Crippen LogP contribution in [0.1, 0.15) is 17.3 Å². The van der Waals surface area contributed by atoms with Gasteiger partial charge in [0.1, 0.15) is 6.61 Å². The first-order valence-corrected chi connectivity index (χ1v) is 8.86. The number of aryl methyl sites for hydroxylation is 1. The van der Waals surface area contributed by atoms with Crippen molar-refractivity contribution in [2.24, 2.45) is 0 Å². The van der Waals surface area contributed by atoms with E-state index in [9.17, 15) is 0 Å². The third kappa shape index (κ3) is 3.54. The van der Waals surface area contributed by atoms with E-state index in [1.165, 1.54) is 16.6 Å². The fraction of sp³-hybridized carbons (Fsp3) is 0.421. The number of pyridine rings is 1. The Morgan fingerprint density at radius 3 is 2.81 bits per heavy atom. The second-order valence-corrected chi connectivity index (χ2v) is 6.65. The number of hydrogen-bond donors (Lipinski definition) is 0. The predicted molar refractivity (Wildman–Crippen MR) is 99.0 cm³/mol. The van der Waals surface area contributed by atoms with Crippen molar-refractivity contribution in [1.82, 2.24) is 20.0 Å². The summed E-state index contributed by atoms with van der Waals surface area (Å²) in [5.74, 6) is 1.25. The molecule has 3 aromatic rings. The molecule has 0 spiro atoms. The minimum absolute atomic E-state index is 0.381. The monoisotopic (exact) mass is 353 g/mol. The Kier molecular flexibility index (Phi) is 4.81. The number of benzene rings is 1. The van der Waals surface area contributed by atoms with Crippen molar-refractivity contribution in [2.75, 3.05) is 38.2 Å². The van der Waals surface area contributed by atoms with Gasteiger partial charge in [0.25, 0.3) is 0 Å². The number of aromatic nitrogens is 3. The lowest BCUT2D eigenvalue weighted by Crippen LogP contribution is -2.46. The van der Waals surface area contributed by atoms with Gasteiger partial charge in [-0.1, -0.05) is 16.8 Å². The molecule has 0 saturated carbocycles. The zero-order chi connectivity index (χ0) is 17.9. The van der Waals surface area contributed by atoms with E-state index in [0.717, 1.165) is 31.7 Å². The van der Waals surface area contributed by atoms with Crippen molar-refractivity contribution in [2.45, 2.75) is 20.1 Å². The van der Waals surface area contributed by atoms with Crippen LogP contribution in [0.25, 0.3) is 10.9 Å². The molecule has 0 atom stereocenters. The minimum Gasteiger partial charge on any atom is -0.377 e. The molecule has 0 unspecified atom stereocenters. The van der Waals surface area contributed by atoms with Crippen LogP contribution < -0.4 is 4.90 Å². The SMILES string of the molecule is COCc1noc(CN2CCN(c3ccnc4ccc(C)cc34)CC2)n1. The average molecular weight is 353 g/mol. The Hall–Kier alpha value is -2.51. The predicted octanol–water partition coefficient (Wildman–Crippen LogP) is 2.39. The minimum atomic E-state index is 0.381. The number of nitrogens with zero attached hydrogens (tertiary/aromatic N) is 5. The Bertz CT molecular complexity index is 887. The summed E-state index contributed by atoms with van der Waals surface area (Å²) in [7, 11) is 1.62. The molecular formula is C19H23N5O2. The Labute approximate surface area is 152 Å². The molecule has 3 heterocycles. The largest absolute Gasteiger partial charge is 0.377 e. The molecular weight excluding hydrogens is 330 g/mol. The standard InChI is InChI=1S/C19H23N5O2/c1-14-3-4-16-15(11-14)17(5-6-20-16)24-9-7-23(8-10-24)12-19-21-18(13-25-2)22-26-19/h3-6,11H,7-10,12-13H2,1-2H3. The number of fused-ring (bicyclic) bond motifs is 1. The lowest BCUT2D eigenvalue weighted by atomic mass is 10.1. The van der Waals surface area contributed by atoms with E-state index in [1.54, 1.807) is 7.11 Å². The van der Waals surface area contributed by atoms with Gasteiger partial charge in [0.05, 0.1) is 12.1 Å². The molecule has 1 fully saturated rings. The topological polar surface area (TPSA) is 67.5 Å².